The van der Waals surface area contributed by atoms with Crippen LogP contribution < -0.4 is 20.4 Å². The molecule has 154 valence electrons. The number of carbonyl (C=O) groups is 1. The van der Waals surface area contributed by atoms with Gasteiger partial charge in [-0.15, -0.1) is 0 Å². The van der Waals surface area contributed by atoms with E-state index in [4.69, 9.17) is 13.9 Å². The maximum atomic E-state index is 12.9. The smallest absolute Gasteiger partial charge is 0.349 e. The first-order chi connectivity index (χ1) is 14.6. The number of hydrogen-bond acceptors (Lipinski definition) is 5. The van der Waals surface area contributed by atoms with Crippen LogP contribution in [0.25, 0.3) is 11.0 Å². The van der Waals surface area contributed by atoms with Crippen LogP contribution >= 0.6 is 0 Å². The zero-order valence-electron chi connectivity index (χ0n) is 16.6. The fraction of sp³-hybridized carbons (Fsp3) is 0.333. The standard InChI is InChI=1S/C24H23NO5/c26-22(18-13-16-5-1-2-6-19(16)30-23(18)27)25-15-24(9-3-4-10-24)17-7-8-20-21(14-17)29-12-11-28-20/h1-2,5-8,13-14H,3-4,9-12,15H2,(H,25,26). The minimum absolute atomic E-state index is 0.0315. The van der Waals surface area contributed by atoms with Gasteiger partial charge in [-0.2, -0.15) is 0 Å². The monoisotopic (exact) mass is 405 g/mol. The number of benzene rings is 2. The quantitative estimate of drug-likeness (QED) is 0.668. The van der Waals surface area contributed by atoms with Gasteiger partial charge in [-0.05, 0) is 42.7 Å². The molecule has 2 aromatic carbocycles. The number of nitrogens with one attached hydrogen (secondary N) is 1. The predicted molar refractivity (Wildman–Crippen MR) is 112 cm³/mol. The van der Waals surface area contributed by atoms with Crippen LogP contribution in [0.2, 0.25) is 0 Å². The van der Waals surface area contributed by atoms with Crippen molar-refractivity contribution in [2.24, 2.45) is 0 Å². The molecule has 0 bridgehead atoms. The summed E-state index contributed by atoms with van der Waals surface area (Å²) in [5.41, 5.74) is 0.843. The minimum Gasteiger partial charge on any atom is -0.486 e. The summed E-state index contributed by atoms with van der Waals surface area (Å²) >= 11 is 0. The fourth-order valence-electron chi connectivity index (χ4n) is 4.56. The van der Waals surface area contributed by atoms with Gasteiger partial charge in [0.15, 0.2) is 11.5 Å². The molecule has 1 fully saturated rings. The number of hydrogen-bond donors (Lipinski definition) is 1. The van der Waals surface area contributed by atoms with Crippen LogP contribution in [-0.4, -0.2) is 25.7 Å². The molecule has 1 amide bonds. The van der Waals surface area contributed by atoms with E-state index < -0.39 is 11.5 Å². The maximum Gasteiger partial charge on any atom is 0.349 e. The molecule has 0 radical (unpaired) electrons. The van der Waals surface area contributed by atoms with Crippen molar-refractivity contribution in [1.29, 1.82) is 0 Å². The number of ether oxygens (including phenoxy) is 2. The number of para-hydroxylation sites is 1. The predicted octanol–water partition coefficient (Wildman–Crippen LogP) is 3.81. The molecule has 1 N–H and O–H groups in total. The summed E-state index contributed by atoms with van der Waals surface area (Å²) in [4.78, 5) is 25.2. The second kappa shape index (κ2) is 7.52. The zero-order chi connectivity index (χ0) is 20.6. The molecule has 6 nitrogen and oxygen atoms in total. The average Bonchev–Trinajstić information content (AvgIpc) is 3.27. The van der Waals surface area contributed by atoms with Crippen molar-refractivity contribution in [2.75, 3.05) is 19.8 Å². The third-order valence-electron chi connectivity index (χ3n) is 6.19. The Morgan fingerprint density at radius 3 is 2.57 bits per heavy atom. The zero-order valence-corrected chi connectivity index (χ0v) is 16.6. The molecule has 0 unspecified atom stereocenters. The van der Waals surface area contributed by atoms with Crippen molar-refractivity contribution in [3.63, 3.8) is 0 Å². The molecule has 0 spiro atoms. The molecule has 2 aliphatic rings. The van der Waals surface area contributed by atoms with Crippen molar-refractivity contribution in [2.45, 2.75) is 31.1 Å². The van der Waals surface area contributed by atoms with Gasteiger partial charge >= 0.3 is 5.63 Å². The van der Waals surface area contributed by atoms with Crippen LogP contribution in [0.15, 0.2) is 57.7 Å². The van der Waals surface area contributed by atoms with Gasteiger partial charge in [0, 0.05) is 17.3 Å². The molecule has 1 aliphatic carbocycles. The third kappa shape index (κ3) is 3.32. The first-order valence-electron chi connectivity index (χ1n) is 10.4. The van der Waals surface area contributed by atoms with Gasteiger partial charge in [0.25, 0.3) is 5.91 Å². The van der Waals surface area contributed by atoms with Crippen LogP contribution in [0.3, 0.4) is 0 Å². The highest BCUT2D eigenvalue weighted by molar-refractivity contribution is 5.96. The molecule has 6 heteroatoms. The molecule has 30 heavy (non-hydrogen) atoms. The molecule has 1 saturated carbocycles. The molecule has 2 heterocycles. The Bertz CT molecular complexity index is 1160. The number of fused-ring (bicyclic) bond motifs is 2. The van der Waals surface area contributed by atoms with E-state index in [-0.39, 0.29) is 11.0 Å². The SMILES string of the molecule is O=C(NCC1(c2ccc3c(c2)OCCO3)CCCC1)c1cc2ccccc2oc1=O. The van der Waals surface area contributed by atoms with Gasteiger partial charge in [0.2, 0.25) is 0 Å². The lowest BCUT2D eigenvalue weighted by atomic mass is 9.78. The Morgan fingerprint density at radius 2 is 1.73 bits per heavy atom. The Kier molecular flexibility index (Phi) is 4.69. The normalized spacial score (nSPS) is 17.1. The second-order valence-corrected chi connectivity index (χ2v) is 8.01. The van der Waals surface area contributed by atoms with E-state index in [1.54, 1.807) is 18.2 Å². The van der Waals surface area contributed by atoms with Gasteiger partial charge in [0.1, 0.15) is 24.4 Å². The first-order valence-corrected chi connectivity index (χ1v) is 10.4. The Labute approximate surface area is 173 Å². The van der Waals surface area contributed by atoms with E-state index in [0.29, 0.717) is 25.3 Å². The highest BCUT2D eigenvalue weighted by Gasteiger charge is 2.37. The molecular weight excluding hydrogens is 382 g/mol. The van der Waals surface area contributed by atoms with E-state index in [1.807, 2.05) is 24.3 Å². The molecule has 5 rings (SSSR count). The fourth-order valence-corrected chi connectivity index (χ4v) is 4.56. The molecule has 1 aromatic heterocycles. The lowest BCUT2D eigenvalue weighted by Crippen LogP contribution is -2.40. The number of rotatable bonds is 4. The van der Waals surface area contributed by atoms with Crippen LogP contribution in [0.4, 0.5) is 0 Å². The van der Waals surface area contributed by atoms with Crippen molar-refractivity contribution >= 4 is 16.9 Å². The summed E-state index contributed by atoms with van der Waals surface area (Å²) < 4.78 is 16.7. The summed E-state index contributed by atoms with van der Waals surface area (Å²) in [5.74, 6) is 1.11. The van der Waals surface area contributed by atoms with E-state index in [2.05, 4.69) is 11.4 Å². The highest BCUT2D eigenvalue weighted by atomic mass is 16.6. The Hall–Kier alpha value is -3.28. The van der Waals surface area contributed by atoms with E-state index in [0.717, 1.165) is 48.1 Å². The van der Waals surface area contributed by atoms with Gasteiger partial charge < -0.3 is 19.2 Å². The Morgan fingerprint density at radius 1 is 0.967 bits per heavy atom. The Balaban J connectivity index is 1.40. The maximum absolute atomic E-state index is 12.9. The van der Waals surface area contributed by atoms with Crippen LogP contribution in [-0.2, 0) is 5.41 Å². The summed E-state index contributed by atoms with van der Waals surface area (Å²) in [5, 5.41) is 3.72. The minimum atomic E-state index is -0.619. The molecule has 1 aliphatic heterocycles. The van der Waals surface area contributed by atoms with Crippen molar-refractivity contribution in [1.82, 2.24) is 5.32 Å². The van der Waals surface area contributed by atoms with Gasteiger partial charge in [-0.3, -0.25) is 4.79 Å². The van der Waals surface area contributed by atoms with Crippen molar-refractivity contribution in [3.8, 4) is 11.5 Å². The van der Waals surface area contributed by atoms with E-state index in [1.165, 1.54) is 0 Å². The lowest BCUT2D eigenvalue weighted by Gasteiger charge is -2.31. The highest BCUT2D eigenvalue weighted by Crippen LogP contribution is 2.43. The third-order valence-corrected chi connectivity index (χ3v) is 6.19. The summed E-state index contributed by atoms with van der Waals surface area (Å²) in [7, 11) is 0. The van der Waals surface area contributed by atoms with Crippen LogP contribution in [0.1, 0.15) is 41.6 Å². The van der Waals surface area contributed by atoms with Crippen LogP contribution in [0.5, 0.6) is 11.5 Å². The van der Waals surface area contributed by atoms with Crippen molar-refractivity contribution < 1.29 is 18.7 Å². The van der Waals surface area contributed by atoms with E-state index in [9.17, 15) is 9.59 Å². The average molecular weight is 405 g/mol. The second-order valence-electron chi connectivity index (χ2n) is 8.01. The molecule has 0 saturated heterocycles. The van der Waals surface area contributed by atoms with Gasteiger partial charge in [0.05, 0.1) is 0 Å². The molecule has 0 atom stereocenters. The lowest BCUT2D eigenvalue weighted by molar-refractivity contribution is 0.0939. The van der Waals surface area contributed by atoms with Gasteiger partial charge in [-0.25, -0.2) is 4.79 Å². The van der Waals surface area contributed by atoms with E-state index >= 15 is 0 Å². The van der Waals surface area contributed by atoms with Crippen molar-refractivity contribution in [3.05, 3.63) is 70.1 Å². The first kappa shape index (κ1) is 18.7. The summed E-state index contributed by atoms with van der Waals surface area (Å²) in [6.07, 6.45) is 4.14. The largest absolute Gasteiger partial charge is 0.486 e. The topological polar surface area (TPSA) is 77.8 Å². The summed E-state index contributed by atoms with van der Waals surface area (Å²) in [6.45, 7) is 1.55. The van der Waals surface area contributed by atoms with Crippen LogP contribution in [0, 0.1) is 0 Å². The van der Waals surface area contributed by atoms with Gasteiger partial charge in [-0.1, -0.05) is 37.1 Å². The number of carbonyl (C=O) groups excluding carboxylic acids is 1. The molecular formula is C24H23NO5. The molecule has 3 aromatic rings. The summed E-state index contributed by atoms with van der Waals surface area (Å²) in [6, 6.07) is 14.8. The number of amides is 1.